The summed E-state index contributed by atoms with van der Waals surface area (Å²) in [7, 11) is -3.57. The van der Waals surface area contributed by atoms with Crippen molar-refractivity contribution in [1.29, 1.82) is 0 Å². The first kappa shape index (κ1) is 15.2. The molecular formula is C14H17NO3S2. The van der Waals surface area contributed by atoms with Crippen LogP contribution >= 0.6 is 11.3 Å². The second kappa shape index (κ2) is 6.05. The highest BCUT2D eigenvalue weighted by molar-refractivity contribution is 7.89. The Labute approximate surface area is 123 Å². The summed E-state index contributed by atoms with van der Waals surface area (Å²) in [6.45, 7) is 3.78. The smallest absolute Gasteiger partial charge is 0.241 e. The van der Waals surface area contributed by atoms with Crippen LogP contribution in [0.2, 0.25) is 0 Å². The zero-order chi connectivity index (χ0) is 14.8. The van der Waals surface area contributed by atoms with Crippen LogP contribution in [-0.2, 0) is 23.2 Å². The fourth-order valence-electron chi connectivity index (χ4n) is 1.95. The summed E-state index contributed by atoms with van der Waals surface area (Å²) in [5.41, 5.74) is 2.30. The second-order valence-electron chi connectivity index (χ2n) is 4.55. The maximum absolute atomic E-state index is 12.3. The molecule has 6 heteroatoms. The molecule has 0 amide bonds. The Kier molecular flexibility index (Phi) is 4.59. The fraction of sp³-hybridized carbons (Fsp3) is 0.286. The van der Waals surface area contributed by atoms with Crippen molar-refractivity contribution in [1.82, 2.24) is 4.72 Å². The lowest BCUT2D eigenvalue weighted by molar-refractivity contribution is 0.280. The van der Waals surface area contributed by atoms with Gasteiger partial charge in [0.2, 0.25) is 10.0 Å². The lowest BCUT2D eigenvalue weighted by Crippen LogP contribution is -2.24. The van der Waals surface area contributed by atoms with Gasteiger partial charge in [-0.3, -0.25) is 0 Å². The molecule has 0 spiro atoms. The van der Waals surface area contributed by atoms with Gasteiger partial charge in [-0.25, -0.2) is 13.1 Å². The van der Waals surface area contributed by atoms with Crippen molar-refractivity contribution in [3.63, 3.8) is 0 Å². The summed E-state index contributed by atoms with van der Waals surface area (Å²) in [4.78, 5) is 1.22. The van der Waals surface area contributed by atoms with Crippen molar-refractivity contribution in [3.05, 3.63) is 51.2 Å². The highest BCUT2D eigenvalue weighted by atomic mass is 32.2. The molecule has 1 aromatic carbocycles. The minimum atomic E-state index is -3.57. The molecule has 0 unspecified atom stereocenters. The summed E-state index contributed by atoms with van der Waals surface area (Å²) in [5.74, 6) is 0. The molecule has 1 aromatic heterocycles. The monoisotopic (exact) mass is 311 g/mol. The van der Waals surface area contributed by atoms with Crippen molar-refractivity contribution in [2.45, 2.75) is 31.9 Å². The predicted octanol–water partition coefficient (Wildman–Crippen LogP) is 2.34. The van der Waals surface area contributed by atoms with Crippen molar-refractivity contribution < 1.29 is 13.5 Å². The van der Waals surface area contributed by atoms with E-state index >= 15 is 0 Å². The van der Waals surface area contributed by atoms with Gasteiger partial charge in [-0.15, -0.1) is 11.3 Å². The zero-order valence-electron chi connectivity index (χ0n) is 11.4. The van der Waals surface area contributed by atoms with Gasteiger partial charge in [0.1, 0.15) is 0 Å². The molecule has 2 N–H and O–H groups in total. The molecule has 108 valence electrons. The molecule has 0 saturated carbocycles. The summed E-state index contributed by atoms with van der Waals surface area (Å²) < 4.78 is 27.3. The molecule has 0 aliphatic rings. The first-order valence-electron chi connectivity index (χ1n) is 6.17. The van der Waals surface area contributed by atoms with Crippen LogP contribution in [0.5, 0.6) is 0 Å². The number of nitrogens with one attached hydrogen (secondary N) is 1. The van der Waals surface area contributed by atoms with Crippen LogP contribution in [0.25, 0.3) is 0 Å². The van der Waals surface area contributed by atoms with Crippen LogP contribution in [0.4, 0.5) is 0 Å². The Morgan fingerprint density at radius 2 is 2.00 bits per heavy atom. The standard InChI is InChI=1S/C14H17NO3S2/c1-10-6-7-19-13(10)8-15-20(17,18)14-5-3-4-12(9-16)11(14)2/h3-7,15-16H,8-9H2,1-2H3. The van der Waals surface area contributed by atoms with E-state index in [1.165, 1.54) is 11.3 Å². The highest BCUT2D eigenvalue weighted by Gasteiger charge is 2.18. The van der Waals surface area contributed by atoms with E-state index < -0.39 is 10.0 Å². The third kappa shape index (κ3) is 3.09. The first-order valence-corrected chi connectivity index (χ1v) is 8.54. The molecule has 0 aliphatic heterocycles. The van der Waals surface area contributed by atoms with E-state index in [-0.39, 0.29) is 18.0 Å². The quantitative estimate of drug-likeness (QED) is 0.890. The molecule has 20 heavy (non-hydrogen) atoms. The number of thiophene rings is 1. The van der Waals surface area contributed by atoms with E-state index in [1.807, 2.05) is 18.4 Å². The van der Waals surface area contributed by atoms with E-state index in [2.05, 4.69) is 4.72 Å². The summed E-state index contributed by atoms with van der Waals surface area (Å²) >= 11 is 1.53. The number of aryl methyl sites for hydroxylation is 1. The van der Waals surface area contributed by atoms with Crippen LogP contribution in [0, 0.1) is 13.8 Å². The Hall–Kier alpha value is -1.21. The molecule has 0 saturated heterocycles. The number of hydrogen-bond acceptors (Lipinski definition) is 4. The second-order valence-corrected chi connectivity index (χ2v) is 7.29. The maximum atomic E-state index is 12.3. The molecular weight excluding hydrogens is 294 g/mol. The van der Waals surface area contributed by atoms with E-state index in [0.717, 1.165) is 10.4 Å². The minimum absolute atomic E-state index is 0.167. The summed E-state index contributed by atoms with van der Waals surface area (Å²) in [6, 6.07) is 6.88. The van der Waals surface area contributed by atoms with E-state index in [1.54, 1.807) is 25.1 Å². The SMILES string of the molecule is Cc1ccsc1CNS(=O)(=O)c1cccc(CO)c1C. The van der Waals surface area contributed by atoms with Gasteiger partial charge >= 0.3 is 0 Å². The Morgan fingerprint density at radius 3 is 2.60 bits per heavy atom. The number of aliphatic hydroxyl groups excluding tert-OH is 1. The molecule has 2 aromatic rings. The van der Waals surface area contributed by atoms with Crippen molar-refractivity contribution >= 4 is 21.4 Å². The van der Waals surface area contributed by atoms with Gasteiger partial charge in [-0.05, 0) is 48.1 Å². The van der Waals surface area contributed by atoms with Gasteiger partial charge in [0.05, 0.1) is 11.5 Å². The van der Waals surface area contributed by atoms with Crippen LogP contribution in [0.3, 0.4) is 0 Å². The number of sulfonamides is 1. The number of benzene rings is 1. The predicted molar refractivity (Wildman–Crippen MR) is 80.2 cm³/mol. The topological polar surface area (TPSA) is 66.4 Å². The average molecular weight is 311 g/mol. The molecule has 0 atom stereocenters. The van der Waals surface area contributed by atoms with E-state index in [9.17, 15) is 13.5 Å². The number of hydrogen-bond donors (Lipinski definition) is 2. The number of aliphatic hydroxyl groups is 1. The Balaban J connectivity index is 2.25. The van der Waals surface area contributed by atoms with Crippen LogP contribution < -0.4 is 4.72 Å². The highest BCUT2D eigenvalue weighted by Crippen LogP contribution is 2.20. The van der Waals surface area contributed by atoms with Crippen molar-refractivity contribution in [3.8, 4) is 0 Å². The Morgan fingerprint density at radius 1 is 1.25 bits per heavy atom. The van der Waals surface area contributed by atoms with E-state index in [0.29, 0.717) is 11.1 Å². The molecule has 0 radical (unpaired) electrons. The third-order valence-electron chi connectivity index (χ3n) is 3.25. The van der Waals surface area contributed by atoms with Gasteiger partial charge in [-0.2, -0.15) is 0 Å². The Bertz CT molecular complexity index is 705. The normalized spacial score (nSPS) is 11.8. The van der Waals surface area contributed by atoms with E-state index in [4.69, 9.17) is 0 Å². The fourth-order valence-corrected chi connectivity index (χ4v) is 4.16. The van der Waals surface area contributed by atoms with Crippen LogP contribution in [0.15, 0.2) is 34.5 Å². The van der Waals surface area contributed by atoms with Gasteiger partial charge in [0.15, 0.2) is 0 Å². The van der Waals surface area contributed by atoms with Crippen LogP contribution in [0.1, 0.15) is 21.6 Å². The lowest BCUT2D eigenvalue weighted by Gasteiger charge is -2.11. The molecule has 0 aliphatic carbocycles. The molecule has 0 bridgehead atoms. The molecule has 2 rings (SSSR count). The van der Waals surface area contributed by atoms with Crippen LogP contribution in [-0.4, -0.2) is 13.5 Å². The third-order valence-corrected chi connectivity index (χ3v) is 5.82. The largest absolute Gasteiger partial charge is 0.392 e. The maximum Gasteiger partial charge on any atom is 0.241 e. The average Bonchev–Trinajstić information content (AvgIpc) is 2.82. The van der Waals surface area contributed by atoms with Crippen molar-refractivity contribution in [2.75, 3.05) is 0 Å². The van der Waals surface area contributed by atoms with Gasteiger partial charge in [0, 0.05) is 11.4 Å². The summed E-state index contributed by atoms with van der Waals surface area (Å²) in [5, 5.41) is 11.2. The lowest BCUT2D eigenvalue weighted by atomic mass is 10.1. The molecule has 4 nitrogen and oxygen atoms in total. The molecule has 0 fully saturated rings. The zero-order valence-corrected chi connectivity index (χ0v) is 13.0. The van der Waals surface area contributed by atoms with Crippen molar-refractivity contribution in [2.24, 2.45) is 0 Å². The molecule has 1 heterocycles. The van der Waals surface area contributed by atoms with Gasteiger partial charge < -0.3 is 5.11 Å². The van der Waals surface area contributed by atoms with Gasteiger partial charge in [0.25, 0.3) is 0 Å². The first-order chi connectivity index (χ1) is 9.45. The summed E-state index contributed by atoms with van der Waals surface area (Å²) in [6.07, 6.45) is 0. The minimum Gasteiger partial charge on any atom is -0.392 e. The number of rotatable bonds is 5. The van der Waals surface area contributed by atoms with Gasteiger partial charge in [-0.1, -0.05) is 12.1 Å².